The number of benzene rings is 1. The SMILES string of the molecule is CCCC.CCOC(=O)c1nc2ccccc2[nH]c1=O. The van der Waals surface area contributed by atoms with E-state index >= 15 is 0 Å². The minimum absolute atomic E-state index is 0.208. The number of ether oxygens (including phenoxy) is 1. The van der Waals surface area contributed by atoms with Crippen LogP contribution in [0.2, 0.25) is 0 Å². The van der Waals surface area contributed by atoms with E-state index in [4.69, 9.17) is 4.74 Å². The van der Waals surface area contributed by atoms with Crippen LogP contribution in [-0.4, -0.2) is 22.5 Å². The van der Waals surface area contributed by atoms with Crippen molar-refractivity contribution in [2.75, 3.05) is 6.61 Å². The smallest absolute Gasteiger partial charge is 0.362 e. The summed E-state index contributed by atoms with van der Waals surface area (Å²) in [6.45, 7) is 6.25. The molecular formula is C15H20N2O3. The van der Waals surface area contributed by atoms with Gasteiger partial charge in [-0.2, -0.15) is 0 Å². The van der Waals surface area contributed by atoms with Gasteiger partial charge in [0.15, 0.2) is 0 Å². The Hall–Kier alpha value is -2.17. The van der Waals surface area contributed by atoms with Gasteiger partial charge in [0, 0.05) is 0 Å². The number of carbonyl (C=O) groups is 1. The van der Waals surface area contributed by atoms with Gasteiger partial charge in [-0.1, -0.05) is 38.8 Å². The molecule has 0 atom stereocenters. The molecule has 1 aromatic heterocycles. The molecule has 1 N–H and O–H groups in total. The van der Waals surface area contributed by atoms with Crippen molar-refractivity contribution in [3.63, 3.8) is 0 Å². The van der Waals surface area contributed by atoms with Gasteiger partial charge in [-0.25, -0.2) is 9.78 Å². The third-order valence-corrected chi connectivity index (χ3v) is 2.57. The summed E-state index contributed by atoms with van der Waals surface area (Å²) in [5.74, 6) is -0.700. The van der Waals surface area contributed by atoms with Gasteiger partial charge in [-0.05, 0) is 19.1 Å². The maximum Gasteiger partial charge on any atom is 0.362 e. The molecule has 0 radical (unpaired) electrons. The van der Waals surface area contributed by atoms with Crippen LogP contribution in [0, 0.1) is 0 Å². The standard InChI is InChI=1S/C11H10N2O3.C4H10/c1-2-16-11(15)9-10(14)13-8-6-4-3-5-7(8)12-9;1-3-4-2/h3-6H,2H2,1H3,(H,13,14);3-4H2,1-2H3. The van der Waals surface area contributed by atoms with Gasteiger partial charge in [0.25, 0.3) is 5.56 Å². The lowest BCUT2D eigenvalue weighted by Gasteiger charge is -2.01. The van der Waals surface area contributed by atoms with Crippen LogP contribution in [0.25, 0.3) is 11.0 Å². The number of unbranched alkanes of at least 4 members (excludes halogenated alkanes) is 1. The van der Waals surface area contributed by atoms with Crippen molar-refractivity contribution in [2.45, 2.75) is 33.6 Å². The lowest BCUT2D eigenvalue weighted by molar-refractivity contribution is 0.0517. The molecule has 0 saturated heterocycles. The van der Waals surface area contributed by atoms with Crippen molar-refractivity contribution in [3.05, 3.63) is 40.3 Å². The van der Waals surface area contributed by atoms with Gasteiger partial charge < -0.3 is 9.72 Å². The first-order valence-electron chi connectivity index (χ1n) is 6.80. The maximum absolute atomic E-state index is 11.5. The summed E-state index contributed by atoms with van der Waals surface area (Å²) in [5, 5.41) is 0. The first-order valence-corrected chi connectivity index (χ1v) is 6.80. The molecule has 0 amide bonds. The number of para-hydroxylation sites is 2. The maximum atomic E-state index is 11.5. The monoisotopic (exact) mass is 276 g/mol. The second-order valence-corrected chi connectivity index (χ2v) is 4.15. The van der Waals surface area contributed by atoms with Crippen molar-refractivity contribution >= 4 is 17.0 Å². The summed E-state index contributed by atoms with van der Waals surface area (Å²) in [4.78, 5) is 29.5. The molecule has 20 heavy (non-hydrogen) atoms. The van der Waals surface area contributed by atoms with E-state index in [2.05, 4.69) is 23.8 Å². The number of hydrogen-bond acceptors (Lipinski definition) is 4. The molecule has 0 aliphatic heterocycles. The van der Waals surface area contributed by atoms with E-state index in [1.165, 1.54) is 12.8 Å². The molecule has 5 nitrogen and oxygen atoms in total. The Bertz CT molecular complexity index is 618. The molecule has 108 valence electrons. The minimum atomic E-state index is -0.700. The second kappa shape index (κ2) is 8.09. The average molecular weight is 276 g/mol. The van der Waals surface area contributed by atoms with E-state index in [1.807, 2.05) is 0 Å². The molecule has 0 spiro atoms. The normalized spacial score (nSPS) is 9.75. The van der Waals surface area contributed by atoms with Crippen molar-refractivity contribution in [1.29, 1.82) is 0 Å². The van der Waals surface area contributed by atoms with Crippen molar-refractivity contribution in [1.82, 2.24) is 9.97 Å². The number of carbonyl (C=O) groups excluding carboxylic acids is 1. The lowest BCUT2D eigenvalue weighted by atomic mass is 10.3. The van der Waals surface area contributed by atoms with Crippen molar-refractivity contribution in [3.8, 4) is 0 Å². The molecule has 1 aromatic carbocycles. The number of aromatic nitrogens is 2. The number of H-pyrrole nitrogens is 1. The van der Waals surface area contributed by atoms with Gasteiger partial charge >= 0.3 is 5.97 Å². The van der Waals surface area contributed by atoms with E-state index in [1.54, 1.807) is 31.2 Å². The number of esters is 1. The van der Waals surface area contributed by atoms with E-state index in [-0.39, 0.29) is 12.3 Å². The zero-order valence-electron chi connectivity index (χ0n) is 12.1. The van der Waals surface area contributed by atoms with Crippen LogP contribution in [0.1, 0.15) is 44.1 Å². The molecule has 2 aromatic rings. The highest BCUT2D eigenvalue weighted by Gasteiger charge is 2.14. The third kappa shape index (κ3) is 4.19. The average Bonchev–Trinajstić information content (AvgIpc) is 2.47. The van der Waals surface area contributed by atoms with Gasteiger partial charge in [0.1, 0.15) is 0 Å². The highest BCUT2D eigenvalue weighted by Crippen LogP contribution is 2.06. The fourth-order valence-electron chi connectivity index (χ4n) is 1.37. The number of rotatable bonds is 3. The Morgan fingerprint density at radius 1 is 1.20 bits per heavy atom. The molecule has 0 bridgehead atoms. The third-order valence-electron chi connectivity index (χ3n) is 2.57. The van der Waals surface area contributed by atoms with Gasteiger partial charge in [0.05, 0.1) is 17.6 Å². The zero-order valence-corrected chi connectivity index (χ0v) is 12.1. The molecule has 0 aliphatic rings. The summed E-state index contributed by atoms with van der Waals surface area (Å²) in [7, 11) is 0. The number of nitrogens with zero attached hydrogens (tertiary/aromatic N) is 1. The van der Waals surface area contributed by atoms with Crippen LogP contribution < -0.4 is 5.56 Å². The van der Waals surface area contributed by atoms with Crippen LogP contribution in [0.15, 0.2) is 29.1 Å². The Kier molecular flexibility index (Phi) is 6.43. The van der Waals surface area contributed by atoms with Gasteiger partial charge in [-0.15, -0.1) is 0 Å². The molecule has 5 heteroatoms. The van der Waals surface area contributed by atoms with E-state index in [0.717, 1.165) is 0 Å². The molecule has 2 rings (SSSR count). The molecular weight excluding hydrogens is 256 g/mol. The Morgan fingerprint density at radius 3 is 2.45 bits per heavy atom. The lowest BCUT2D eigenvalue weighted by Crippen LogP contribution is -2.21. The largest absolute Gasteiger partial charge is 0.461 e. The summed E-state index contributed by atoms with van der Waals surface area (Å²) in [6, 6.07) is 7.00. The van der Waals surface area contributed by atoms with Gasteiger partial charge in [-0.3, -0.25) is 4.79 Å². The summed E-state index contributed by atoms with van der Waals surface area (Å²) in [5.41, 5.74) is 0.420. The van der Waals surface area contributed by atoms with E-state index < -0.39 is 11.5 Å². The zero-order chi connectivity index (χ0) is 15.0. The number of nitrogens with one attached hydrogen (secondary N) is 1. The number of fused-ring (bicyclic) bond motifs is 1. The van der Waals surface area contributed by atoms with Crippen LogP contribution in [-0.2, 0) is 4.74 Å². The molecule has 0 saturated carbocycles. The topological polar surface area (TPSA) is 72.0 Å². The Labute approximate surface area is 118 Å². The predicted octanol–water partition coefficient (Wildman–Crippen LogP) is 2.91. The van der Waals surface area contributed by atoms with E-state index in [9.17, 15) is 9.59 Å². The highest BCUT2D eigenvalue weighted by atomic mass is 16.5. The Morgan fingerprint density at radius 2 is 1.85 bits per heavy atom. The van der Waals surface area contributed by atoms with Crippen LogP contribution in [0.5, 0.6) is 0 Å². The van der Waals surface area contributed by atoms with Crippen LogP contribution in [0.3, 0.4) is 0 Å². The quantitative estimate of drug-likeness (QED) is 0.875. The summed E-state index contributed by atoms with van der Waals surface area (Å²) < 4.78 is 4.74. The number of hydrogen-bond donors (Lipinski definition) is 1. The van der Waals surface area contributed by atoms with Crippen molar-refractivity contribution in [2.24, 2.45) is 0 Å². The van der Waals surface area contributed by atoms with E-state index in [0.29, 0.717) is 11.0 Å². The van der Waals surface area contributed by atoms with Crippen LogP contribution in [0.4, 0.5) is 0 Å². The fourth-order valence-corrected chi connectivity index (χ4v) is 1.37. The van der Waals surface area contributed by atoms with Crippen LogP contribution >= 0.6 is 0 Å². The highest BCUT2D eigenvalue weighted by molar-refractivity contribution is 5.89. The Balaban J connectivity index is 0.000000444. The second-order valence-electron chi connectivity index (χ2n) is 4.15. The minimum Gasteiger partial charge on any atom is -0.461 e. The molecule has 1 heterocycles. The predicted molar refractivity (Wildman–Crippen MR) is 78.9 cm³/mol. The van der Waals surface area contributed by atoms with Gasteiger partial charge in [0.2, 0.25) is 5.69 Å². The first kappa shape index (κ1) is 15.9. The first-order chi connectivity index (χ1) is 9.63. The summed E-state index contributed by atoms with van der Waals surface area (Å²) in [6.07, 6.45) is 2.64. The number of aromatic amines is 1. The fraction of sp³-hybridized carbons (Fsp3) is 0.400. The molecule has 0 fully saturated rings. The summed E-state index contributed by atoms with van der Waals surface area (Å²) >= 11 is 0. The van der Waals surface area contributed by atoms with Crippen molar-refractivity contribution < 1.29 is 9.53 Å². The molecule has 0 unspecified atom stereocenters. The molecule has 0 aliphatic carbocycles.